The fourth-order valence-corrected chi connectivity index (χ4v) is 3.05. The Balaban J connectivity index is 1.45. The molecule has 4 N–H and O–H groups in total. The summed E-state index contributed by atoms with van der Waals surface area (Å²) in [6, 6.07) is 8.36. The highest BCUT2D eigenvalue weighted by molar-refractivity contribution is 5.28. The molecule has 130 valence electrons. The van der Waals surface area contributed by atoms with Crippen LogP contribution in [0.25, 0.3) is 0 Å². The quantitative estimate of drug-likeness (QED) is 0.753. The normalized spacial score (nSPS) is 15.5. The first-order valence-electron chi connectivity index (χ1n) is 8.60. The average molecular weight is 330 g/mol. The Morgan fingerprint density at radius 3 is 2.71 bits per heavy atom. The van der Waals surface area contributed by atoms with Crippen LogP contribution in [0.1, 0.15) is 31.2 Å². The van der Waals surface area contributed by atoms with E-state index in [9.17, 15) is 0 Å². The molecule has 0 bridgehead atoms. The Labute approximate surface area is 142 Å². The van der Waals surface area contributed by atoms with E-state index in [1.807, 2.05) is 6.07 Å². The van der Waals surface area contributed by atoms with Gasteiger partial charge in [0.1, 0.15) is 5.75 Å². The lowest BCUT2D eigenvalue weighted by atomic mass is 10.1. The van der Waals surface area contributed by atoms with E-state index in [-0.39, 0.29) is 5.95 Å². The number of aryl methyl sites for hydroxylation is 1. The van der Waals surface area contributed by atoms with Crippen molar-refractivity contribution in [1.82, 2.24) is 19.7 Å². The topological polar surface area (TPSA) is 95.2 Å². The van der Waals surface area contributed by atoms with Crippen molar-refractivity contribution < 1.29 is 4.74 Å². The highest BCUT2D eigenvalue weighted by atomic mass is 16.5. The SMILES string of the molecule is Nc1nc(N)n(CCCOc2cccc(CN3CCCCC3)c2)n1. The number of hydrogen-bond donors (Lipinski definition) is 2. The van der Waals surface area contributed by atoms with Crippen molar-refractivity contribution in [3.05, 3.63) is 29.8 Å². The number of benzene rings is 1. The van der Waals surface area contributed by atoms with E-state index in [1.165, 1.54) is 37.9 Å². The van der Waals surface area contributed by atoms with E-state index >= 15 is 0 Å². The molecule has 0 radical (unpaired) electrons. The lowest BCUT2D eigenvalue weighted by molar-refractivity contribution is 0.220. The van der Waals surface area contributed by atoms with Gasteiger partial charge in [-0.25, -0.2) is 4.68 Å². The van der Waals surface area contributed by atoms with Gasteiger partial charge < -0.3 is 16.2 Å². The second kappa shape index (κ2) is 8.01. The van der Waals surface area contributed by atoms with Crippen LogP contribution in [0.15, 0.2) is 24.3 Å². The second-order valence-electron chi connectivity index (χ2n) is 6.24. The smallest absolute Gasteiger partial charge is 0.241 e. The van der Waals surface area contributed by atoms with Gasteiger partial charge in [0.2, 0.25) is 11.9 Å². The third-order valence-corrected chi connectivity index (χ3v) is 4.25. The van der Waals surface area contributed by atoms with Crippen molar-refractivity contribution in [2.24, 2.45) is 0 Å². The zero-order valence-electron chi connectivity index (χ0n) is 14.0. The van der Waals surface area contributed by atoms with Gasteiger partial charge in [-0.1, -0.05) is 18.6 Å². The van der Waals surface area contributed by atoms with Gasteiger partial charge in [-0.2, -0.15) is 4.98 Å². The van der Waals surface area contributed by atoms with Crippen LogP contribution in [0.4, 0.5) is 11.9 Å². The standard InChI is InChI=1S/C17H26N6O/c18-16-20-17(19)23(21-16)10-5-11-24-15-7-4-6-14(12-15)13-22-8-2-1-3-9-22/h4,6-7,12H,1-3,5,8-11,13H2,(H4,18,19,20,21). The van der Waals surface area contributed by atoms with Crippen molar-refractivity contribution in [3.63, 3.8) is 0 Å². The fourth-order valence-electron chi connectivity index (χ4n) is 3.05. The number of anilines is 2. The molecule has 0 amide bonds. The summed E-state index contributed by atoms with van der Waals surface area (Å²) in [7, 11) is 0. The summed E-state index contributed by atoms with van der Waals surface area (Å²) in [5.74, 6) is 1.46. The van der Waals surface area contributed by atoms with Gasteiger partial charge >= 0.3 is 0 Å². The summed E-state index contributed by atoms with van der Waals surface area (Å²) in [6.45, 7) is 4.66. The summed E-state index contributed by atoms with van der Waals surface area (Å²) >= 11 is 0. The number of hydrogen-bond acceptors (Lipinski definition) is 6. The van der Waals surface area contributed by atoms with E-state index in [2.05, 4.69) is 33.2 Å². The number of ether oxygens (including phenoxy) is 1. The minimum absolute atomic E-state index is 0.207. The van der Waals surface area contributed by atoms with Gasteiger partial charge in [-0.3, -0.25) is 4.90 Å². The second-order valence-corrected chi connectivity index (χ2v) is 6.24. The van der Waals surface area contributed by atoms with Crippen molar-refractivity contribution in [2.45, 2.75) is 38.8 Å². The molecule has 1 aromatic carbocycles. The largest absolute Gasteiger partial charge is 0.494 e. The minimum atomic E-state index is 0.207. The van der Waals surface area contributed by atoms with E-state index < -0.39 is 0 Å². The van der Waals surface area contributed by atoms with Crippen molar-refractivity contribution in [1.29, 1.82) is 0 Å². The van der Waals surface area contributed by atoms with Crippen LogP contribution in [0.3, 0.4) is 0 Å². The van der Waals surface area contributed by atoms with Crippen LogP contribution < -0.4 is 16.2 Å². The number of nitrogens with zero attached hydrogens (tertiary/aromatic N) is 4. The fraction of sp³-hybridized carbons (Fsp3) is 0.529. The van der Waals surface area contributed by atoms with Crippen LogP contribution in [0.5, 0.6) is 5.75 Å². The highest BCUT2D eigenvalue weighted by Crippen LogP contribution is 2.18. The molecular formula is C17H26N6O. The molecule has 7 heteroatoms. The summed E-state index contributed by atoms with van der Waals surface area (Å²) in [4.78, 5) is 6.39. The molecule has 0 spiro atoms. The molecule has 7 nitrogen and oxygen atoms in total. The van der Waals surface area contributed by atoms with Crippen molar-refractivity contribution in [3.8, 4) is 5.75 Å². The molecule has 0 unspecified atom stereocenters. The van der Waals surface area contributed by atoms with Gasteiger partial charge in [0.05, 0.1) is 6.61 Å². The number of rotatable bonds is 7. The third kappa shape index (κ3) is 4.61. The average Bonchev–Trinajstić information content (AvgIpc) is 2.90. The number of piperidine rings is 1. The maximum absolute atomic E-state index is 5.85. The molecule has 3 rings (SSSR count). The minimum Gasteiger partial charge on any atom is -0.494 e. The lowest BCUT2D eigenvalue weighted by Crippen LogP contribution is -2.29. The van der Waals surface area contributed by atoms with E-state index in [0.717, 1.165) is 18.7 Å². The number of aromatic nitrogens is 3. The van der Waals surface area contributed by atoms with Crippen molar-refractivity contribution in [2.75, 3.05) is 31.2 Å². The Kier molecular flexibility index (Phi) is 5.53. The van der Waals surface area contributed by atoms with E-state index in [0.29, 0.717) is 19.1 Å². The zero-order chi connectivity index (χ0) is 16.8. The highest BCUT2D eigenvalue weighted by Gasteiger charge is 2.10. The Hall–Kier alpha value is -2.28. The number of nitrogens with two attached hydrogens (primary N) is 2. The first-order valence-corrected chi connectivity index (χ1v) is 8.60. The van der Waals surface area contributed by atoms with E-state index in [4.69, 9.17) is 16.2 Å². The summed E-state index contributed by atoms with van der Waals surface area (Å²) in [5, 5.41) is 4.03. The van der Waals surface area contributed by atoms with Gasteiger partial charge in [-0.15, -0.1) is 5.10 Å². The predicted octanol–water partition coefficient (Wildman–Crippen LogP) is 1.90. The molecule has 0 saturated carbocycles. The van der Waals surface area contributed by atoms with Crippen LogP contribution in [0.2, 0.25) is 0 Å². The van der Waals surface area contributed by atoms with Crippen LogP contribution >= 0.6 is 0 Å². The van der Waals surface area contributed by atoms with Crippen LogP contribution in [0, 0.1) is 0 Å². The van der Waals surface area contributed by atoms with Gasteiger partial charge in [0.25, 0.3) is 0 Å². The van der Waals surface area contributed by atoms with Crippen LogP contribution in [-0.4, -0.2) is 39.4 Å². The molecule has 0 atom stereocenters. The number of nitrogen functional groups attached to an aromatic ring is 2. The maximum atomic E-state index is 5.85. The molecule has 24 heavy (non-hydrogen) atoms. The molecule has 2 heterocycles. The Bertz CT molecular complexity index is 650. The molecular weight excluding hydrogens is 304 g/mol. The monoisotopic (exact) mass is 330 g/mol. The molecule has 1 aliphatic heterocycles. The zero-order valence-corrected chi connectivity index (χ0v) is 14.0. The number of likely N-dealkylation sites (tertiary alicyclic amines) is 1. The molecule has 1 saturated heterocycles. The third-order valence-electron chi connectivity index (χ3n) is 4.25. The molecule has 1 aliphatic rings. The summed E-state index contributed by atoms with van der Waals surface area (Å²) in [6.07, 6.45) is 4.78. The Morgan fingerprint density at radius 2 is 1.96 bits per heavy atom. The van der Waals surface area contributed by atoms with Gasteiger partial charge in [0.15, 0.2) is 0 Å². The van der Waals surface area contributed by atoms with Crippen LogP contribution in [-0.2, 0) is 13.1 Å². The van der Waals surface area contributed by atoms with E-state index in [1.54, 1.807) is 4.68 Å². The maximum Gasteiger partial charge on any atom is 0.241 e. The lowest BCUT2D eigenvalue weighted by Gasteiger charge is -2.26. The predicted molar refractivity (Wildman–Crippen MR) is 94.5 cm³/mol. The molecule has 1 fully saturated rings. The Morgan fingerprint density at radius 1 is 1.12 bits per heavy atom. The summed E-state index contributed by atoms with van der Waals surface area (Å²) in [5.41, 5.74) is 12.5. The summed E-state index contributed by atoms with van der Waals surface area (Å²) < 4.78 is 7.45. The van der Waals surface area contributed by atoms with Gasteiger partial charge in [-0.05, 0) is 43.6 Å². The van der Waals surface area contributed by atoms with Crippen molar-refractivity contribution >= 4 is 11.9 Å². The molecule has 2 aromatic rings. The molecule has 0 aliphatic carbocycles. The van der Waals surface area contributed by atoms with Gasteiger partial charge in [0, 0.05) is 19.5 Å². The first kappa shape index (κ1) is 16.6. The molecule has 1 aromatic heterocycles. The first-order chi connectivity index (χ1) is 11.7.